The van der Waals surface area contributed by atoms with Gasteiger partial charge in [0, 0.05) is 6.92 Å². The van der Waals surface area contributed by atoms with Crippen LogP contribution < -0.4 is 5.32 Å². The highest BCUT2D eigenvalue weighted by molar-refractivity contribution is 7.17. The summed E-state index contributed by atoms with van der Waals surface area (Å²) in [6, 6.07) is 0.173. The number of ketones is 1. The third kappa shape index (κ3) is 2.23. The molecule has 6 nitrogen and oxygen atoms in total. The number of Topliss-reactive ketones (excluding diaryl/α,β-unsaturated/α-hetero) is 1. The van der Waals surface area contributed by atoms with Crippen molar-refractivity contribution in [2.75, 3.05) is 5.32 Å². The molecule has 0 aromatic carbocycles. The van der Waals surface area contributed by atoms with Gasteiger partial charge in [0.25, 0.3) is 0 Å². The molecule has 1 aromatic heterocycles. The number of rotatable bonds is 4. The van der Waals surface area contributed by atoms with Gasteiger partial charge < -0.3 is 15.2 Å². The number of aromatic carboxylic acids is 1. The number of aromatic nitrogens is 1. The first kappa shape index (κ1) is 12.6. The van der Waals surface area contributed by atoms with Gasteiger partial charge in [0.2, 0.25) is 0 Å². The van der Waals surface area contributed by atoms with E-state index in [1.807, 2.05) is 0 Å². The summed E-state index contributed by atoms with van der Waals surface area (Å²) in [4.78, 5) is 26.7. The minimum Gasteiger partial charge on any atom is -0.476 e. The van der Waals surface area contributed by atoms with Crippen molar-refractivity contribution in [2.24, 2.45) is 0 Å². The summed E-state index contributed by atoms with van der Waals surface area (Å²) in [5.74, 6) is -1.44. The Kier molecular flexibility index (Phi) is 3.02. The van der Waals surface area contributed by atoms with Crippen LogP contribution in [0.5, 0.6) is 0 Å². The van der Waals surface area contributed by atoms with E-state index in [2.05, 4.69) is 10.3 Å². The number of anilines is 1. The van der Waals surface area contributed by atoms with E-state index >= 15 is 0 Å². The van der Waals surface area contributed by atoms with Crippen LogP contribution in [-0.2, 0) is 4.74 Å². The Morgan fingerprint density at radius 2 is 2.26 bits per heavy atom. The summed E-state index contributed by atoms with van der Waals surface area (Å²) in [5.41, 5.74) is -0.163. The summed E-state index contributed by atoms with van der Waals surface area (Å²) in [5, 5.41) is 12.7. The topological polar surface area (TPSA) is 88.5 Å². The van der Waals surface area contributed by atoms with Crippen molar-refractivity contribution in [1.82, 2.24) is 4.98 Å². The zero-order chi connectivity index (χ0) is 13.6. The highest BCUT2D eigenvalue weighted by atomic mass is 32.1. The van der Waals surface area contributed by atoms with Gasteiger partial charge >= 0.3 is 5.97 Å². The Labute approximate surface area is 113 Å². The first-order valence-corrected chi connectivity index (χ1v) is 7.03. The maximum absolute atomic E-state index is 11.4. The molecule has 2 fully saturated rings. The van der Waals surface area contributed by atoms with E-state index in [0.717, 1.165) is 30.6 Å². The van der Waals surface area contributed by atoms with Crippen LogP contribution in [0.3, 0.4) is 0 Å². The van der Waals surface area contributed by atoms with Crippen LogP contribution >= 0.6 is 11.3 Å². The van der Waals surface area contributed by atoms with E-state index in [-0.39, 0.29) is 28.5 Å². The number of carbonyl (C=O) groups excluding carboxylic acids is 1. The van der Waals surface area contributed by atoms with Gasteiger partial charge in [0.15, 0.2) is 16.6 Å². The minimum absolute atomic E-state index is 0.163. The van der Waals surface area contributed by atoms with Crippen LogP contribution in [-0.4, -0.2) is 40.1 Å². The third-order valence-corrected chi connectivity index (χ3v) is 4.65. The second-order valence-corrected chi connectivity index (χ2v) is 5.92. The van der Waals surface area contributed by atoms with Gasteiger partial charge in [-0.15, -0.1) is 0 Å². The van der Waals surface area contributed by atoms with E-state index < -0.39 is 5.97 Å². The molecule has 3 atom stereocenters. The fourth-order valence-electron chi connectivity index (χ4n) is 2.71. The molecule has 3 rings (SSSR count). The van der Waals surface area contributed by atoms with E-state index in [1.54, 1.807) is 0 Å². The highest BCUT2D eigenvalue weighted by Crippen LogP contribution is 2.36. The lowest BCUT2D eigenvalue weighted by Crippen LogP contribution is -2.30. The van der Waals surface area contributed by atoms with Crippen molar-refractivity contribution in [2.45, 2.75) is 44.4 Å². The standard InChI is InChI=1S/C12H14N2O4S/c1-5(15)10-9(11(16)17)14-12(19-10)13-7-4-6-2-3-8(7)18-6/h6-8H,2-4H2,1H3,(H,13,14)(H,16,17). The Balaban J connectivity index is 1.80. The molecule has 3 unspecified atom stereocenters. The minimum atomic E-state index is -1.17. The second kappa shape index (κ2) is 4.57. The summed E-state index contributed by atoms with van der Waals surface area (Å²) in [6.07, 6.45) is 3.54. The highest BCUT2D eigenvalue weighted by Gasteiger charge is 2.41. The Hall–Kier alpha value is -1.47. The average molecular weight is 282 g/mol. The van der Waals surface area contributed by atoms with Gasteiger partial charge in [-0.05, 0) is 19.3 Å². The molecule has 2 aliphatic heterocycles. The molecule has 2 N–H and O–H groups in total. The van der Waals surface area contributed by atoms with Crippen LogP contribution in [0, 0.1) is 0 Å². The van der Waals surface area contributed by atoms with Gasteiger partial charge in [-0.2, -0.15) is 0 Å². The molecule has 0 spiro atoms. The molecule has 2 saturated heterocycles. The number of carboxylic acids is 1. The lowest BCUT2D eigenvalue weighted by molar-refractivity contribution is 0.0687. The number of hydrogen-bond acceptors (Lipinski definition) is 6. The van der Waals surface area contributed by atoms with Gasteiger partial charge in [0.05, 0.1) is 18.2 Å². The third-order valence-electron chi connectivity index (χ3n) is 3.56. The summed E-state index contributed by atoms with van der Waals surface area (Å²) in [7, 11) is 0. The van der Waals surface area contributed by atoms with Gasteiger partial charge in [-0.1, -0.05) is 11.3 Å². The number of carboxylic acid groups (broad SMARTS) is 1. The van der Waals surface area contributed by atoms with Gasteiger partial charge in [-0.3, -0.25) is 4.79 Å². The number of ether oxygens (including phenoxy) is 1. The number of nitrogens with one attached hydrogen (secondary N) is 1. The van der Waals surface area contributed by atoms with Gasteiger partial charge in [-0.25, -0.2) is 9.78 Å². The molecule has 0 radical (unpaired) electrons. The molecule has 3 heterocycles. The van der Waals surface area contributed by atoms with E-state index in [0.29, 0.717) is 11.2 Å². The zero-order valence-corrected chi connectivity index (χ0v) is 11.2. The number of hydrogen-bond donors (Lipinski definition) is 2. The number of thiazole rings is 1. The van der Waals surface area contributed by atoms with Crippen LogP contribution in [0.25, 0.3) is 0 Å². The predicted octanol–water partition coefficient (Wildman–Crippen LogP) is 1.78. The monoisotopic (exact) mass is 282 g/mol. The van der Waals surface area contributed by atoms with E-state index in [9.17, 15) is 9.59 Å². The van der Waals surface area contributed by atoms with Crippen LogP contribution in [0.2, 0.25) is 0 Å². The summed E-state index contributed by atoms with van der Waals surface area (Å²) < 4.78 is 5.72. The van der Waals surface area contributed by atoms with Gasteiger partial charge in [0.1, 0.15) is 4.88 Å². The summed E-state index contributed by atoms with van der Waals surface area (Å²) >= 11 is 1.10. The normalized spacial score (nSPS) is 28.6. The van der Waals surface area contributed by atoms with E-state index in [1.165, 1.54) is 6.92 Å². The van der Waals surface area contributed by atoms with Crippen LogP contribution in [0.4, 0.5) is 5.13 Å². The molecule has 1 aromatic rings. The lowest BCUT2D eigenvalue weighted by atomic mass is 9.96. The van der Waals surface area contributed by atoms with Crippen molar-refractivity contribution in [1.29, 1.82) is 0 Å². The second-order valence-electron chi connectivity index (χ2n) is 4.92. The molecule has 0 saturated carbocycles. The van der Waals surface area contributed by atoms with E-state index in [4.69, 9.17) is 9.84 Å². The van der Waals surface area contributed by atoms with Crippen molar-refractivity contribution < 1.29 is 19.4 Å². The predicted molar refractivity (Wildman–Crippen MR) is 69.0 cm³/mol. The fraction of sp³-hybridized carbons (Fsp3) is 0.583. The average Bonchev–Trinajstić information content (AvgIpc) is 3.02. The smallest absolute Gasteiger partial charge is 0.356 e. The Morgan fingerprint density at radius 3 is 2.74 bits per heavy atom. The first-order valence-electron chi connectivity index (χ1n) is 6.21. The Morgan fingerprint density at radius 1 is 1.47 bits per heavy atom. The van der Waals surface area contributed by atoms with Crippen molar-refractivity contribution in [3.05, 3.63) is 10.6 Å². The van der Waals surface area contributed by atoms with Crippen LogP contribution in [0.15, 0.2) is 0 Å². The first-order chi connectivity index (χ1) is 9.04. The molecule has 2 bridgehead atoms. The van der Waals surface area contributed by atoms with Crippen LogP contribution in [0.1, 0.15) is 46.3 Å². The lowest BCUT2D eigenvalue weighted by Gasteiger charge is -2.19. The molecule has 0 aliphatic carbocycles. The molecule has 0 amide bonds. The maximum Gasteiger partial charge on any atom is 0.356 e. The number of carbonyl (C=O) groups is 2. The Bertz CT molecular complexity index is 510. The SMILES string of the molecule is CC(=O)c1sc(NC2CC3CCC2O3)nc1C(=O)O. The fourth-order valence-corrected chi connectivity index (χ4v) is 3.63. The van der Waals surface area contributed by atoms with Crippen molar-refractivity contribution in [3.63, 3.8) is 0 Å². The number of fused-ring (bicyclic) bond motifs is 2. The molecule has 7 heteroatoms. The molecule has 19 heavy (non-hydrogen) atoms. The molecule has 2 aliphatic rings. The largest absolute Gasteiger partial charge is 0.476 e. The molecular formula is C12H14N2O4S. The maximum atomic E-state index is 11.4. The van der Waals surface area contributed by atoms with Crippen molar-refractivity contribution >= 4 is 28.2 Å². The molecular weight excluding hydrogens is 268 g/mol. The quantitative estimate of drug-likeness (QED) is 0.818. The molecule has 102 valence electrons. The zero-order valence-electron chi connectivity index (χ0n) is 10.4. The number of nitrogens with zero attached hydrogens (tertiary/aromatic N) is 1. The van der Waals surface area contributed by atoms with Crippen molar-refractivity contribution in [3.8, 4) is 0 Å². The summed E-state index contributed by atoms with van der Waals surface area (Å²) in [6.45, 7) is 1.35.